The summed E-state index contributed by atoms with van der Waals surface area (Å²) >= 11 is 0. The Bertz CT molecular complexity index is 839. The number of allylic oxidation sites excluding steroid dienone is 8. The van der Waals surface area contributed by atoms with Crippen LogP contribution < -0.4 is 0 Å². The molecule has 128 valence electrons. The van der Waals surface area contributed by atoms with E-state index >= 15 is 0 Å². The van der Waals surface area contributed by atoms with Crippen molar-refractivity contribution in [2.45, 2.75) is 12.8 Å². The zero-order chi connectivity index (χ0) is 18.2. The minimum Gasteiger partial charge on any atom is -0.0991 e. The van der Waals surface area contributed by atoms with Crippen molar-refractivity contribution in [1.82, 2.24) is 0 Å². The predicted octanol–water partition coefficient (Wildman–Crippen LogP) is 6.74. The van der Waals surface area contributed by atoms with Crippen molar-refractivity contribution in [2.75, 3.05) is 0 Å². The molecule has 0 aromatic heterocycles. The SMILES string of the molecule is C=C/C=C/C1=Cc2ccccc2C1.C=C/C=C/C1=Cc2ccccc2C1. The summed E-state index contributed by atoms with van der Waals surface area (Å²) in [5.74, 6) is 0. The second-order valence-corrected chi connectivity index (χ2v) is 6.38. The van der Waals surface area contributed by atoms with E-state index in [-0.39, 0.29) is 0 Å². The molecule has 0 heterocycles. The van der Waals surface area contributed by atoms with Gasteiger partial charge in [0.1, 0.15) is 0 Å². The summed E-state index contributed by atoms with van der Waals surface area (Å²) in [6.07, 6.45) is 18.4. The van der Waals surface area contributed by atoms with Gasteiger partial charge in [0.25, 0.3) is 0 Å². The molecule has 2 aliphatic carbocycles. The van der Waals surface area contributed by atoms with Gasteiger partial charge < -0.3 is 0 Å². The van der Waals surface area contributed by atoms with Gasteiger partial charge in [-0.1, -0.05) is 110 Å². The van der Waals surface area contributed by atoms with Crippen LogP contribution in [-0.2, 0) is 12.8 Å². The Morgan fingerprint density at radius 3 is 1.42 bits per heavy atom. The lowest BCUT2D eigenvalue weighted by atomic mass is 10.1. The molecule has 0 amide bonds. The molecular weight excluding hydrogens is 312 g/mol. The van der Waals surface area contributed by atoms with Gasteiger partial charge >= 0.3 is 0 Å². The van der Waals surface area contributed by atoms with E-state index in [1.165, 1.54) is 33.4 Å². The van der Waals surface area contributed by atoms with Crippen molar-refractivity contribution in [2.24, 2.45) is 0 Å². The van der Waals surface area contributed by atoms with Gasteiger partial charge in [0.15, 0.2) is 0 Å². The van der Waals surface area contributed by atoms with E-state index in [0.29, 0.717) is 0 Å². The lowest BCUT2D eigenvalue weighted by Gasteiger charge is -1.94. The molecule has 0 nitrogen and oxygen atoms in total. The molecule has 2 aliphatic rings. The van der Waals surface area contributed by atoms with E-state index in [2.05, 4.69) is 86.0 Å². The molecule has 0 atom stereocenters. The molecule has 26 heavy (non-hydrogen) atoms. The zero-order valence-electron chi connectivity index (χ0n) is 15.1. The highest BCUT2D eigenvalue weighted by Crippen LogP contribution is 2.25. The molecule has 2 aromatic carbocycles. The molecule has 0 N–H and O–H groups in total. The molecule has 0 unspecified atom stereocenters. The Morgan fingerprint density at radius 1 is 0.615 bits per heavy atom. The summed E-state index contributed by atoms with van der Waals surface area (Å²) in [6, 6.07) is 17.0. The maximum atomic E-state index is 3.66. The highest BCUT2D eigenvalue weighted by atomic mass is 14.1. The van der Waals surface area contributed by atoms with Gasteiger partial charge in [-0.15, -0.1) is 0 Å². The van der Waals surface area contributed by atoms with E-state index in [1.807, 2.05) is 24.3 Å². The number of rotatable bonds is 4. The van der Waals surface area contributed by atoms with Crippen LogP contribution in [0.15, 0.2) is 109 Å². The molecule has 0 saturated carbocycles. The quantitative estimate of drug-likeness (QED) is 0.543. The highest BCUT2D eigenvalue weighted by Gasteiger charge is 2.09. The number of benzene rings is 2. The lowest BCUT2D eigenvalue weighted by Crippen LogP contribution is -1.80. The average Bonchev–Trinajstić information content (AvgIpc) is 3.28. The van der Waals surface area contributed by atoms with Crippen molar-refractivity contribution in [1.29, 1.82) is 0 Å². The van der Waals surface area contributed by atoms with Gasteiger partial charge in [0.2, 0.25) is 0 Å². The van der Waals surface area contributed by atoms with Crippen molar-refractivity contribution in [3.63, 3.8) is 0 Å². The minimum atomic E-state index is 1.06. The molecule has 0 heteroatoms. The van der Waals surface area contributed by atoms with E-state index in [0.717, 1.165) is 12.8 Å². The first-order chi connectivity index (χ1) is 12.8. The van der Waals surface area contributed by atoms with E-state index in [4.69, 9.17) is 0 Å². The van der Waals surface area contributed by atoms with Gasteiger partial charge in [-0.05, 0) is 46.2 Å². The first kappa shape index (κ1) is 17.7. The fourth-order valence-corrected chi connectivity index (χ4v) is 3.21. The normalized spacial score (nSPS) is 14.3. The molecule has 4 rings (SSSR count). The fourth-order valence-electron chi connectivity index (χ4n) is 3.21. The van der Waals surface area contributed by atoms with E-state index in [1.54, 1.807) is 0 Å². The smallest absolute Gasteiger partial charge is 0.00196 e. The molecule has 0 aliphatic heterocycles. The van der Waals surface area contributed by atoms with Crippen molar-refractivity contribution < 1.29 is 0 Å². The summed E-state index contributed by atoms with van der Waals surface area (Å²) in [4.78, 5) is 0. The van der Waals surface area contributed by atoms with Crippen molar-refractivity contribution in [3.05, 3.63) is 132 Å². The topological polar surface area (TPSA) is 0 Å². The van der Waals surface area contributed by atoms with Crippen LogP contribution in [0.1, 0.15) is 22.3 Å². The number of hydrogen-bond acceptors (Lipinski definition) is 0. The lowest BCUT2D eigenvalue weighted by molar-refractivity contribution is 1.25. The summed E-state index contributed by atoms with van der Waals surface area (Å²) in [7, 11) is 0. The van der Waals surface area contributed by atoms with Crippen LogP contribution in [0.3, 0.4) is 0 Å². The Balaban J connectivity index is 0.000000151. The maximum absolute atomic E-state index is 3.66. The third kappa shape index (κ3) is 4.49. The Hall–Kier alpha value is -3.12. The van der Waals surface area contributed by atoms with Crippen LogP contribution in [0.2, 0.25) is 0 Å². The van der Waals surface area contributed by atoms with Gasteiger partial charge in [0, 0.05) is 0 Å². The Morgan fingerprint density at radius 2 is 1.04 bits per heavy atom. The van der Waals surface area contributed by atoms with Crippen LogP contribution in [0, 0.1) is 0 Å². The molecule has 0 radical (unpaired) electrons. The number of fused-ring (bicyclic) bond motifs is 2. The summed E-state index contributed by atoms with van der Waals surface area (Å²) in [6.45, 7) is 7.31. The van der Waals surface area contributed by atoms with Crippen LogP contribution in [0.5, 0.6) is 0 Å². The monoisotopic (exact) mass is 336 g/mol. The summed E-state index contributed by atoms with van der Waals surface area (Å²) in [5.41, 5.74) is 8.28. The van der Waals surface area contributed by atoms with Crippen LogP contribution in [0.25, 0.3) is 12.2 Å². The van der Waals surface area contributed by atoms with E-state index in [9.17, 15) is 0 Å². The van der Waals surface area contributed by atoms with Gasteiger partial charge in [-0.25, -0.2) is 0 Å². The predicted molar refractivity (Wildman–Crippen MR) is 115 cm³/mol. The Labute approximate surface area is 156 Å². The van der Waals surface area contributed by atoms with Crippen molar-refractivity contribution >= 4 is 12.2 Å². The molecule has 0 bridgehead atoms. The summed E-state index contributed by atoms with van der Waals surface area (Å²) < 4.78 is 0. The first-order valence-corrected chi connectivity index (χ1v) is 8.95. The second kappa shape index (κ2) is 8.82. The zero-order valence-corrected chi connectivity index (χ0v) is 15.1. The minimum absolute atomic E-state index is 1.06. The standard InChI is InChI=1S/2C13H12/c2*1-2-3-6-11-9-12-7-4-5-8-13(12)10-11/h2*2-9H,1,10H2/b2*6-3+. The van der Waals surface area contributed by atoms with Crippen LogP contribution in [0.4, 0.5) is 0 Å². The Kier molecular flexibility index (Phi) is 6.01. The summed E-state index contributed by atoms with van der Waals surface area (Å²) in [5, 5.41) is 0. The third-order valence-electron chi connectivity index (χ3n) is 4.47. The third-order valence-corrected chi connectivity index (χ3v) is 4.47. The van der Waals surface area contributed by atoms with Gasteiger partial charge in [-0.3, -0.25) is 0 Å². The maximum Gasteiger partial charge on any atom is -0.00196 e. The molecule has 0 saturated heterocycles. The van der Waals surface area contributed by atoms with Crippen LogP contribution >= 0.6 is 0 Å². The molecule has 2 aromatic rings. The van der Waals surface area contributed by atoms with Gasteiger partial charge in [0.05, 0.1) is 0 Å². The highest BCUT2D eigenvalue weighted by molar-refractivity contribution is 5.67. The fraction of sp³-hybridized carbons (Fsp3) is 0.0769. The first-order valence-electron chi connectivity index (χ1n) is 8.95. The molecular formula is C26H24. The van der Waals surface area contributed by atoms with Crippen molar-refractivity contribution in [3.8, 4) is 0 Å². The molecule has 0 spiro atoms. The van der Waals surface area contributed by atoms with Gasteiger partial charge in [-0.2, -0.15) is 0 Å². The van der Waals surface area contributed by atoms with E-state index < -0.39 is 0 Å². The average molecular weight is 336 g/mol. The van der Waals surface area contributed by atoms with Crippen LogP contribution in [-0.4, -0.2) is 0 Å². The molecule has 0 fully saturated rings. The largest absolute Gasteiger partial charge is 0.0991 e. The number of hydrogen-bond donors (Lipinski definition) is 0. The second-order valence-electron chi connectivity index (χ2n) is 6.38.